The van der Waals surface area contributed by atoms with E-state index in [1.54, 1.807) is 22.7 Å². The summed E-state index contributed by atoms with van der Waals surface area (Å²) in [7, 11) is 0. The van der Waals surface area contributed by atoms with E-state index in [1.807, 2.05) is 24.0 Å². The van der Waals surface area contributed by atoms with Crippen LogP contribution < -0.4 is 0 Å². The third-order valence-electron chi connectivity index (χ3n) is 5.17. The van der Waals surface area contributed by atoms with Gasteiger partial charge in [0.1, 0.15) is 10.0 Å². The molecule has 2 aromatic heterocycles. The number of aryl methyl sites for hydroxylation is 1. The Hall–Kier alpha value is -1.27. The molecule has 0 bridgehead atoms. The van der Waals surface area contributed by atoms with Gasteiger partial charge in [0.15, 0.2) is 0 Å². The van der Waals surface area contributed by atoms with Gasteiger partial charge in [-0.05, 0) is 44.7 Å². The van der Waals surface area contributed by atoms with Crippen molar-refractivity contribution in [3.63, 3.8) is 0 Å². The largest absolute Gasteiger partial charge is 0.337 e. The van der Waals surface area contributed by atoms with Crippen molar-refractivity contribution in [2.45, 2.75) is 57.3 Å². The van der Waals surface area contributed by atoms with Crippen molar-refractivity contribution in [3.05, 3.63) is 31.9 Å². The summed E-state index contributed by atoms with van der Waals surface area (Å²) in [6.07, 6.45) is 7.35. The highest BCUT2D eigenvalue weighted by atomic mass is 32.1. The molecule has 4 nitrogen and oxygen atoms in total. The highest BCUT2D eigenvalue weighted by molar-refractivity contribution is 7.14. The molecule has 1 unspecified atom stereocenters. The summed E-state index contributed by atoms with van der Waals surface area (Å²) in [6.45, 7) is 3.70. The molecule has 1 aliphatic carbocycles. The molecule has 4 rings (SSSR count). The maximum atomic E-state index is 12.7. The van der Waals surface area contributed by atoms with Crippen molar-refractivity contribution in [3.8, 4) is 0 Å². The topological polar surface area (TPSA) is 46.1 Å². The fourth-order valence-corrected chi connectivity index (χ4v) is 5.79. The van der Waals surface area contributed by atoms with Gasteiger partial charge >= 0.3 is 0 Å². The maximum absolute atomic E-state index is 12.7. The maximum Gasteiger partial charge on any atom is 0.263 e. The molecule has 0 spiro atoms. The third-order valence-corrected chi connectivity index (χ3v) is 7.41. The Morgan fingerprint density at radius 2 is 1.75 bits per heavy atom. The molecule has 1 atom stereocenters. The van der Waals surface area contributed by atoms with Crippen LogP contribution in [0.2, 0.25) is 0 Å². The number of piperidine rings is 1. The minimum Gasteiger partial charge on any atom is -0.337 e. The molecule has 128 valence electrons. The van der Waals surface area contributed by atoms with Crippen LogP contribution in [0, 0.1) is 6.92 Å². The molecule has 1 saturated heterocycles. The molecule has 0 radical (unpaired) electrons. The summed E-state index contributed by atoms with van der Waals surface area (Å²) < 4.78 is 0. The first-order chi connectivity index (χ1) is 11.7. The van der Waals surface area contributed by atoms with Crippen LogP contribution in [0.5, 0.6) is 0 Å². The summed E-state index contributed by atoms with van der Waals surface area (Å²) >= 11 is 3.38. The van der Waals surface area contributed by atoms with Crippen molar-refractivity contribution in [1.29, 1.82) is 0 Å². The molecule has 1 aliphatic heterocycles. The summed E-state index contributed by atoms with van der Waals surface area (Å²) in [5.74, 6) is 1.17. The van der Waals surface area contributed by atoms with E-state index in [0.717, 1.165) is 35.8 Å². The van der Waals surface area contributed by atoms with E-state index >= 15 is 0 Å². The number of likely N-dealkylation sites (tertiary alicyclic amines) is 1. The molecule has 2 aromatic rings. The number of rotatable bonds is 3. The summed E-state index contributed by atoms with van der Waals surface area (Å²) in [4.78, 5) is 16.8. The van der Waals surface area contributed by atoms with E-state index in [1.165, 1.54) is 35.6 Å². The first-order valence-corrected chi connectivity index (χ1v) is 10.5. The summed E-state index contributed by atoms with van der Waals surface area (Å²) in [5.41, 5.74) is 0. The van der Waals surface area contributed by atoms with Gasteiger partial charge in [0, 0.05) is 29.8 Å². The van der Waals surface area contributed by atoms with E-state index in [2.05, 4.69) is 10.2 Å². The van der Waals surface area contributed by atoms with Gasteiger partial charge in [0.2, 0.25) is 0 Å². The van der Waals surface area contributed by atoms with E-state index in [4.69, 9.17) is 0 Å². The van der Waals surface area contributed by atoms with Gasteiger partial charge in [-0.25, -0.2) is 0 Å². The van der Waals surface area contributed by atoms with Gasteiger partial charge in [-0.15, -0.1) is 32.9 Å². The number of thiophene rings is 1. The molecule has 2 aliphatic rings. The Kier molecular flexibility index (Phi) is 4.68. The second kappa shape index (κ2) is 6.92. The second-order valence-electron chi connectivity index (χ2n) is 6.96. The van der Waals surface area contributed by atoms with Crippen molar-refractivity contribution >= 4 is 28.6 Å². The van der Waals surface area contributed by atoms with Crippen LogP contribution in [0.4, 0.5) is 0 Å². The van der Waals surface area contributed by atoms with Gasteiger partial charge in [-0.3, -0.25) is 4.79 Å². The quantitative estimate of drug-likeness (QED) is 0.803. The van der Waals surface area contributed by atoms with Crippen LogP contribution in [-0.4, -0.2) is 34.1 Å². The Labute approximate surface area is 150 Å². The smallest absolute Gasteiger partial charge is 0.263 e. The SMILES string of the molecule is Cc1ccc(C(=O)N2CCCC(c3nnc(C4CCCC4)s3)C2)s1. The fourth-order valence-electron chi connectivity index (χ4n) is 3.82. The van der Waals surface area contributed by atoms with Gasteiger partial charge in [0.05, 0.1) is 4.88 Å². The first kappa shape index (κ1) is 16.2. The molecule has 0 N–H and O–H groups in total. The number of amides is 1. The Bertz CT molecular complexity index is 717. The molecule has 1 saturated carbocycles. The van der Waals surface area contributed by atoms with E-state index < -0.39 is 0 Å². The van der Waals surface area contributed by atoms with E-state index in [0.29, 0.717) is 11.8 Å². The van der Waals surface area contributed by atoms with Crippen molar-refractivity contribution in [2.24, 2.45) is 0 Å². The lowest BCUT2D eigenvalue weighted by Gasteiger charge is -2.31. The lowest BCUT2D eigenvalue weighted by atomic mass is 9.98. The molecular weight excluding hydrogens is 338 g/mol. The number of hydrogen-bond donors (Lipinski definition) is 0. The minimum absolute atomic E-state index is 0.179. The fraction of sp³-hybridized carbons (Fsp3) is 0.611. The van der Waals surface area contributed by atoms with Gasteiger partial charge in [-0.2, -0.15) is 0 Å². The zero-order chi connectivity index (χ0) is 16.5. The summed E-state index contributed by atoms with van der Waals surface area (Å²) in [5, 5.41) is 11.3. The normalized spacial score (nSPS) is 22.2. The number of nitrogens with zero attached hydrogens (tertiary/aromatic N) is 3. The lowest BCUT2D eigenvalue weighted by molar-refractivity contribution is 0.0712. The van der Waals surface area contributed by atoms with Crippen LogP contribution >= 0.6 is 22.7 Å². The Balaban J connectivity index is 1.45. The minimum atomic E-state index is 0.179. The average Bonchev–Trinajstić information content (AvgIpc) is 3.35. The van der Waals surface area contributed by atoms with Crippen molar-refractivity contribution < 1.29 is 4.79 Å². The number of hydrogen-bond acceptors (Lipinski definition) is 5. The Morgan fingerprint density at radius 1 is 1.04 bits per heavy atom. The van der Waals surface area contributed by atoms with Gasteiger partial charge in [0.25, 0.3) is 5.91 Å². The standard InChI is InChI=1S/C18H23N3OS2/c1-12-8-9-15(23-12)18(22)21-10-4-7-14(11-21)17-20-19-16(24-17)13-5-2-3-6-13/h8-9,13-14H,2-7,10-11H2,1H3. The van der Waals surface area contributed by atoms with E-state index in [-0.39, 0.29) is 5.91 Å². The van der Waals surface area contributed by atoms with Crippen LogP contribution in [0.3, 0.4) is 0 Å². The molecule has 24 heavy (non-hydrogen) atoms. The second-order valence-corrected chi connectivity index (χ2v) is 9.29. The van der Waals surface area contributed by atoms with Crippen LogP contribution in [-0.2, 0) is 0 Å². The summed E-state index contributed by atoms with van der Waals surface area (Å²) in [6, 6.07) is 3.98. The van der Waals surface area contributed by atoms with Crippen molar-refractivity contribution in [2.75, 3.05) is 13.1 Å². The molecule has 2 fully saturated rings. The first-order valence-electron chi connectivity index (χ1n) is 8.89. The Morgan fingerprint density at radius 3 is 2.46 bits per heavy atom. The predicted molar refractivity (Wildman–Crippen MR) is 98.1 cm³/mol. The highest BCUT2D eigenvalue weighted by Crippen LogP contribution is 2.38. The molecule has 6 heteroatoms. The molecule has 3 heterocycles. The molecular formula is C18H23N3OS2. The third kappa shape index (κ3) is 3.26. The van der Waals surface area contributed by atoms with Gasteiger partial charge < -0.3 is 4.90 Å². The lowest BCUT2D eigenvalue weighted by Crippen LogP contribution is -2.38. The molecule has 1 amide bonds. The average molecular weight is 362 g/mol. The van der Waals surface area contributed by atoms with Gasteiger partial charge in [-0.1, -0.05) is 12.8 Å². The highest BCUT2D eigenvalue weighted by Gasteiger charge is 2.29. The van der Waals surface area contributed by atoms with Crippen LogP contribution in [0.15, 0.2) is 12.1 Å². The van der Waals surface area contributed by atoms with Crippen molar-refractivity contribution in [1.82, 2.24) is 15.1 Å². The van der Waals surface area contributed by atoms with Crippen LogP contribution in [0.25, 0.3) is 0 Å². The predicted octanol–water partition coefficient (Wildman–Crippen LogP) is 4.59. The number of aromatic nitrogens is 2. The van der Waals surface area contributed by atoms with E-state index in [9.17, 15) is 4.79 Å². The molecule has 0 aromatic carbocycles. The number of carbonyl (C=O) groups is 1. The van der Waals surface area contributed by atoms with Crippen LogP contribution in [0.1, 0.15) is 74.9 Å². The zero-order valence-corrected chi connectivity index (χ0v) is 15.7. The number of carbonyl (C=O) groups excluding carboxylic acids is 1. The zero-order valence-electron chi connectivity index (χ0n) is 14.0. The monoisotopic (exact) mass is 361 g/mol.